The Morgan fingerprint density at radius 3 is 2.24 bits per heavy atom. The summed E-state index contributed by atoms with van der Waals surface area (Å²) in [6.07, 6.45) is 3.05. The van der Waals surface area contributed by atoms with Gasteiger partial charge in [0.2, 0.25) is 15.9 Å². The van der Waals surface area contributed by atoms with Crippen molar-refractivity contribution in [1.82, 2.24) is 15.4 Å². The summed E-state index contributed by atoms with van der Waals surface area (Å²) >= 11 is 1.60. The molecule has 0 heterocycles. The minimum Gasteiger partial charge on any atom is -0.370 e. The first-order chi connectivity index (χ1) is 18.0. The fraction of sp³-hybridized carbons (Fsp3) is 0.423. The highest BCUT2D eigenvalue weighted by atomic mass is 32.2. The number of hydrogen-bond donors (Lipinski definition) is 5. The van der Waals surface area contributed by atoms with Crippen LogP contribution < -0.4 is 26.8 Å². The van der Waals surface area contributed by atoms with Crippen LogP contribution in [-0.4, -0.2) is 50.3 Å². The summed E-state index contributed by atoms with van der Waals surface area (Å²) in [6, 6.07) is 14.3. The number of hydrogen-bond acceptors (Lipinski definition) is 7. The van der Waals surface area contributed by atoms with E-state index < -0.39 is 28.0 Å². The van der Waals surface area contributed by atoms with Gasteiger partial charge in [-0.15, -0.1) is 0 Å². The second-order valence-electron chi connectivity index (χ2n) is 9.00. The second-order valence-corrected chi connectivity index (χ2v) is 11.7. The van der Waals surface area contributed by atoms with E-state index >= 15 is 0 Å². The molecular formula is C26H38N6O4S2. The highest BCUT2D eigenvalue weighted by Gasteiger charge is 2.31. The standard InChI is InChI=1S/C26H38N6O4S2/c1-4-18(2)23(25(34)32-38(35,36)17-20-8-6-5-7-9-20)31-24(33)22(14-15-37-3)29-16-19-10-12-21(13-11-19)30-26(27)28/h5-13,18,22-23,29H,4,14-17H2,1-3H3,(H,31,33)(H,32,34)(H4,27,28,30)/t18-,22+,23-/m1/s1. The molecule has 12 heteroatoms. The van der Waals surface area contributed by atoms with E-state index in [0.29, 0.717) is 30.6 Å². The number of rotatable bonds is 15. The monoisotopic (exact) mass is 562 g/mol. The fourth-order valence-corrected chi connectivity index (χ4v) is 5.25. The van der Waals surface area contributed by atoms with E-state index in [1.165, 1.54) is 0 Å². The Balaban J connectivity index is 2.09. The Bertz CT molecular complexity index is 1170. The van der Waals surface area contributed by atoms with Gasteiger partial charge in [-0.25, -0.2) is 13.4 Å². The number of carbonyl (C=O) groups excluding carboxylic acids is 2. The van der Waals surface area contributed by atoms with Crippen molar-refractivity contribution in [2.75, 3.05) is 12.0 Å². The van der Waals surface area contributed by atoms with E-state index in [0.717, 1.165) is 11.3 Å². The number of nitrogens with zero attached hydrogens (tertiary/aromatic N) is 1. The lowest BCUT2D eigenvalue weighted by atomic mass is 9.98. The zero-order chi connectivity index (χ0) is 28.1. The van der Waals surface area contributed by atoms with E-state index in [-0.39, 0.29) is 23.5 Å². The molecule has 3 atom stereocenters. The van der Waals surface area contributed by atoms with Crippen LogP contribution >= 0.6 is 11.8 Å². The summed E-state index contributed by atoms with van der Waals surface area (Å²) in [7, 11) is -3.94. The summed E-state index contributed by atoms with van der Waals surface area (Å²) in [5.41, 5.74) is 12.9. The predicted molar refractivity (Wildman–Crippen MR) is 154 cm³/mol. The van der Waals surface area contributed by atoms with Crippen molar-refractivity contribution >= 4 is 45.2 Å². The van der Waals surface area contributed by atoms with Gasteiger partial charge in [-0.2, -0.15) is 11.8 Å². The smallest absolute Gasteiger partial charge is 0.256 e. The van der Waals surface area contributed by atoms with Crippen LogP contribution in [0.3, 0.4) is 0 Å². The van der Waals surface area contributed by atoms with Crippen LogP contribution in [-0.2, 0) is 31.9 Å². The summed E-state index contributed by atoms with van der Waals surface area (Å²) in [5.74, 6) is -1.03. The molecule has 0 aliphatic rings. The topological polar surface area (TPSA) is 169 Å². The van der Waals surface area contributed by atoms with Crippen LogP contribution in [0.15, 0.2) is 59.6 Å². The normalized spacial score (nSPS) is 13.7. The number of nitrogens with one attached hydrogen (secondary N) is 3. The molecule has 0 radical (unpaired) electrons. The molecule has 10 nitrogen and oxygen atoms in total. The van der Waals surface area contributed by atoms with Crippen molar-refractivity contribution in [2.24, 2.45) is 22.4 Å². The Morgan fingerprint density at radius 2 is 1.66 bits per heavy atom. The number of aliphatic imine (C=N–C) groups is 1. The average molecular weight is 563 g/mol. The van der Waals surface area contributed by atoms with Crippen LogP contribution in [0.1, 0.15) is 37.8 Å². The van der Waals surface area contributed by atoms with Crippen LogP contribution in [0.5, 0.6) is 0 Å². The lowest BCUT2D eigenvalue weighted by Gasteiger charge is -2.26. The van der Waals surface area contributed by atoms with E-state index in [4.69, 9.17) is 11.5 Å². The number of sulfonamides is 1. The van der Waals surface area contributed by atoms with Gasteiger partial charge in [0.05, 0.1) is 17.5 Å². The predicted octanol–water partition coefficient (Wildman–Crippen LogP) is 1.98. The molecular weight excluding hydrogens is 524 g/mol. The molecule has 2 aromatic carbocycles. The molecule has 0 bridgehead atoms. The number of amides is 2. The summed E-state index contributed by atoms with van der Waals surface area (Å²) in [5, 5.41) is 6.05. The molecule has 2 rings (SSSR count). The van der Waals surface area contributed by atoms with Gasteiger partial charge in [0.1, 0.15) is 6.04 Å². The number of nitrogens with two attached hydrogens (primary N) is 2. The first-order valence-electron chi connectivity index (χ1n) is 12.3. The molecule has 0 aromatic heterocycles. The third-order valence-corrected chi connectivity index (χ3v) is 7.79. The number of carbonyl (C=O) groups is 2. The van der Waals surface area contributed by atoms with Crippen LogP contribution in [0.4, 0.5) is 5.69 Å². The van der Waals surface area contributed by atoms with Gasteiger partial charge in [0.25, 0.3) is 5.91 Å². The third kappa shape index (κ3) is 10.7. The molecule has 208 valence electrons. The van der Waals surface area contributed by atoms with Gasteiger partial charge < -0.3 is 22.1 Å². The maximum atomic E-state index is 13.3. The number of benzene rings is 2. The summed E-state index contributed by atoms with van der Waals surface area (Å²) in [6.45, 7) is 4.09. The van der Waals surface area contributed by atoms with Crippen molar-refractivity contribution in [3.8, 4) is 0 Å². The molecule has 0 aliphatic heterocycles. The van der Waals surface area contributed by atoms with E-state index in [1.807, 2.05) is 25.3 Å². The quantitative estimate of drug-likeness (QED) is 0.162. The molecule has 38 heavy (non-hydrogen) atoms. The molecule has 0 unspecified atom stereocenters. The number of guanidine groups is 1. The zero-order valence-electron chi connectivity index (χ0n) is 22.0. The Morgan fingerprint density at radius 1 is 1.00 bits per heavy atom. The van der Waals surface area contributed by atoms with Crippen molar-refractivity contribution in [3.05, 3.63) is 65.7 Å². The van der Waals surface area contributed by atoms with Crippen LogP contribution in [0.25, 0.3) is 0 Å². The minimum atomic E-state index is -3.94. The molecule has 0 saturated carbocycles. The lowest BCUT2D eigenvalue weighted by molar-refractivity contribution is -0.130. The van der Waals surface area contributed by atoms with E-state index in [9.17, 15) is 18.0 Å². The highest BCUT2D eigenvalue weighted by molar-refractivity contribution is 7.98. The first-order valence-corrected chi connectivity index (χ1v) is 15.4. The zero-order valence-corrected chi connectivity index (χ0v) is 23.6. The molecule has 0 aliphatic carbocycles. The first kappa shape index (κ1) is 31.1. The van der Waals surface area contributed by atoms with Crippen LogP contribution in [0, 0.1) is 5.92 Å². The van der Waals surface area contributed by atoms with Gasteiger partial charge in [-0.3, -0.25) is 14.3 Å². The Kier molecular flexibility index (Phi) is 12.6. The molecule has 7 N–H and O–H groups in total. The largest absolute Gasteiger partial charge is 0.370 e. The van der Waals surface area contributed by atoms with Crippen molar-refractivity contribution < 1.29 is 18.0 Å². The molecule has 0 spiro atoms. The molecule has 2 aromatic rings. The third-order valence-electron chi connectivity index (χ3n) is 5.92. The fourth-order valence-electron chi connectivity index (χ4n) is 3.64. The van der Waals surface area contributed by atoms with Gasteiger partial charge >= 0.3 is 0 Å². The average Bonchev–Trinajstić information content (AvgIpc) is 2.87. The lowest BCUT2D eigenvalue weighted by Crippen LogP contribution is -2.55. The highest BCUT2D eigenvalue weighted by Crippen LogP contribution is 2.14. The SMILES string of the molecule is CC[C@@H](C)[C@@H](NC(=O)[C@H](CCSC)NCc1ccc(N=C(N)N)cc1)C(=O)NS(=O)(=O)Cc1ccccc1. The van der Waals surface area contributed by atoms with Crippen molar-refractivity contribution in [1.29, 1.82) is 0 Å². The van der Waals surface area contributed by atoms with Crippen LogP contribution in [0.2, 0.25) is 0 Å². The maximum Gasteiger partial charge on any atom is 0.256 e. The minimum absolute atomic E-state index is 0.0301. The maximum absolute atomic E-state index is 13.3. The summed E-state index contributed by atoms with van der Waals surface area (Å²) in [4.78, 5) is 30.3. The molecule has 0 saturated heterocycles. The van der Waals surface area contributed by atoms with Crippen molar-refractivity contribution in [3.63, 3.8) is 0 Å². The Labute approximate surface area is 229 Å². The number of thioether (sulfide) groups is 1. The molecule has 0 fully saturated rings. The second kappa shape index (κ2) is 15.4. The molecule has 2 amide bonds. The summed E-state index contributed by atoms with van der Waals surface area (Å²) < 4.78 is 27.4. The van der Waals surface area contributed by atoms with Crippen molar-refractivity contribution in [2.45, 2.75) is 51.1 Å². The van der Waals surface area contributed by atoms with Gasteiger partial charge in [0.15, 0.2) is 5.96 Å². The van der Waals surface area contributed by atoms with Gasteiger partial charge in [0, 0.05) is 6.54 Å². The Hall–Kier alpha value is -3.09. The van der Waals surface area contributed by atoms with Gasteiger partial charge in [-0.1, -0.05) is 62.7 Å². The van der Waals surface area contributed by atoms with E-state index in [1.54, 1.807) is 61.2 Å². The van der Waals surface area contributed by atoms with Gasteiger partial charge in [-0.05, 0) is 47.6 Å². The van der Waals surface area contributed by atoms with E-state index in [2.05, 4.69) is 20.3 Å².